The van der Waals surface area contributed by atoms with E-state index in [0.29, 0.717) is 5.69 Å². The van der Waals surface area contributed by atoms with Gasteiger partial charge in [0.25, 0.3) is 5.91 Å². The van der Waals surface area contributed by atoms with Gasteiger partial charge in [-0.15, -0.1) is 11.3 Å². The van der Waals surface area contributed by atoms with E-state index in [0.717, 1.165) is 46.5 Å². The summed E-state index contributed by atoms with van der Waals surface area (Å²) in [7, 11) is 0. The molecule has 1 amide bonds. The molecule has 1 saturated heterocycles. The van der Waals surface area contributed by atoms with Gasteiger partial charge in [0.2, 0.25) is 0 Å². The fraction of sp³-hybridized carbons (Fsp3) is 0.529. The van der Waals surface area contributed by atoms with Crippen molar-refractivity contribution in [3.8, 4) is 0 Å². The van der Waals surface area contributed by atoms with Crippen molar-refractivity contribution in [1.82, 2.24) is 19.9 Å². The third-order valence-corrected chi connectivity index (χ3v) is 5.34. The maximum atomic E-state index is 13.1. The molecule has 0 N–H and O–H groups in total. The number of rotatable bonds is 2. The summed E-state index contributed by atoms with van der Waals surface area (Å²) >= 11 is 1.57. The Morgan fingerprint density at radius 1 is 1.17 bits per heavy atom. The molecule has 0 bridgehead atoms. The molecule has 1 aliphatic rings. The summed E-state index contributed by atoms with van der Waals surface area (Å²) in [5.74, 6) is 0.736. The molecule has 3 rings (SSSR count). The number of amides is 1. The lowest BCUT2D eigenvalue weighted by Gasteiger charge is -2.34. The third-order valence-electron chi connectivity index (χ3n) is 4.46. The highest BCUT2D eigenvalue weighted by molar-refractivity contribution is 7.11. The number of nitrogens with zero attached hydrogens (tertiary/aromatic N) is 4. The van der Waals surface area contributed by atoms with Gasteiger partial charge in [-0.1, -0.05) is 0 Å². The predicted molar refractivity (Wildman–Crippen MR) is 90.7 cm³/mol. The minimum atomic E-state index is -0.460. The highest BCUT2D eigenvalue weighted by atomic mass is 32.1. The lowest BCUT2D eigenvalue weighted by molar-refractivity contribution is 0.0597. The summed E-state index contributed by atoms with van der Waals surface area (Å²) in [4.78, 5) is 29.6. The van der Waals surface area contributed by atoms with Gasteiger partial charge in [-0.25, -0.2) is 15.0 Å². The first-order valence-electron chi connectivity index (χ1n) is 7.90. The van der Waals surface area contributed by atoms with Crippen molar-refractivity contribution in [2.75, 3.05) is 6.54 Å². The van der Waals surface area contributed by atoms with Crippen LogP contribution < -0.4 is 0 Å². The molecule has 122 valence electrons. The van der Waals surface area contributed by atoms with Crippen LogP contribution in [0.25, 0.3) is 0 Å². The number of carbonyl (C=O) groups is 1. The molecular formula is C17H22N4OS. The van der Waals surface area contributed by atoms with E-state index in [1.165, 1.54) is 0 Å². The molecule has 2 aromatic rings. The first kappa shape index (κ1) is 16.1. The maximum absolute atomic E-state index is 13.1. The molecule has 0 aromatic carbocycles. The van der Waals surface area contributed by atoms with Gasteiger partial charge in [0.1, 0.15) is 11.2 Å². The number of aryl methyl sites for hydroxylation is 4. The minimum Gasteiger partial charge on any atom is -0.325 e. The molecule has 3 heterocycles. The van der Waals surface area contributed by atoms with Crippen molar-refractivity contribution in [3.63, 3.8) is 0 Å². The van der Waals surface area contributed by atoms with Gasteiger partial charge in [0.15, 0.2) is 5.82 Å². The SMILES string of the molecule is Cc1cc(C)nc(C2(C)CCCN2C(=O)c2nc(C)sc2C)n1. The average molecular weight is 330 g/mol. The zero-order valence-electron chi connectivity index (χ0n) is 14.3. The number of carbonyl (C=O) groups excluding carboxylic acids is 1. The summed E-state index contributed by atoms with van der Waals surface area (Å²) in [5, 5.41) is 0.925. The third kappa shape index (κ3) is 2.76. The summed E-state index contributed by atoms with van der Waals surface area (Å²) in [6.45, 7) is 10.6. The molecule has 6 heteroatoms. The van der Waals surface area contributed by atoms with Gasteiger partial charge in [0, 0.05) is 22.8 Å². The smallest absolute Gasteiger partial charge is 0.274 e. The molecule has 1 fully saturated rings. The van der Waals surface area contributed by atoms with Crippen LogP contribution in [0.2, 0.25) is 0 Å². The van der Waals surface area contributed by atoms with Gasteiger partial charge >= 0.3 is 0 Å². The summed E-state index contributed by atoms with van der Waals surface area (Å²) in [6, 6.07) is 1.96. The Bertz CT molecular complexity index is 750. The van der Waals surface area contributed by atoms with E-state index in [2.05, 4.69) is 21.9 Å². The number of likely N-dealkylation sites (tertiary alicyclic amines) is 1. The van der Waals surface area contributed by atoms with Crippen LogP contribution in [0.4, 0.5) is 0 Å². The highest BCUT2D eigenvalue weighted by Gasteiger charge is 2.44. The van der Waals surface area contributed by atoms with Crippen molar-refractivity contribution in [1.29, 1.82) is 0 Å². The van der Waals surface area contributed by atoms with Crippen molar-refractivity contribution < 1.29 is 4.79 Å². The van der Waals surface area contributed by atoms with Crippen LogP contribution in [-0.4, -0.2) is 32.3 Å². The van der Waals surface area contributed by atoms with E-state index >= 15 is 0 Å². The molecule has 5 nitrogen and oxygen atoms in total. The Morgan fingerprint density at radius 3 is 2.39 bits per heavy atom. The van der Waals surface area contributed by atoms with Crippen molar-refractivity contribution >= 4 is 17.2 Å². The van der Waals surface area contributed by atoms with Gasteiger partial charge in [-0.2, -0.15) is 0 Å². The lowest BCUT2D eigenvalue weighted by atomic mass is 9.97. The second-order valence-electron chi connectivity index (χ2n) is 6.45. The number of thiazole rings is 1. The Labute approximate surface area is 140 Å². The number of hydrogen-bond donors (Lipinski definition) is 0. The van der Waals surface area contributed by atoms with E-state index in [1.54, 1.807) is 11.3 Å². The van der Waals surface area contributed by atoms with E-state index in [4.69, 9.17) is 0 Å². The topological polar surface area (TPSA) is 59.0 Å². The molecule has 0 aliphatic carbocycles. The van der Waals surface area contributed by atoms with Gasteiger partial charge in [0.05, 0.1) is 5.01 Å². The Morgan fingerprint density at radius 2 is 1.83 bits per heavy atom. The second kappa shape index (κ2) is 5.67. The Hall–Kier alpha value is -1.82. The molecule has 1 aliphatic heterocycles. The largest absolute Gasteiger partial charge is 0.325 e. The second-order valence-corrected chi connectivity index (χ2v) is 7.85. The molecule has 1 unspecified atom stereocenters. The Kier molecular flexibility index (Phi) is 3.96. The van der Waals surface area contributed by atoms with E-state index in [9.17, 15) is 4.79 Å². The quantitative estimate of drug-likeness (QED) is 0.847. The summed E-state index contributed by atoms with van der Waals surface area (Å²) in [6.07, 6.45) is 1.84. The van der Waals surface area contributed by atoms with Crippen LogP contribution in [0.15, 0.2) is 6.07 Å². The monoisotopic (exact) mass is 330 g/mol. The van der Waals surface area contributed by atoms with Crippen molar-refractivity contribution in [2.45, 2.75) is 53.0 Å². The zero-order chi connectivity index (χ0) is 16.8. The predicted octanol–water partition coefficient (Wildman–Crippen LogP) is 3.32. The van der Waals surface area contributed by atoms with Crippen LogP contribution in [0, 0.1) is 27.7 Å². The minimum absolute atomic E-state index is 0.00499. The average Bonchev–Trinajstić information content (AvgIpc) is 3.01. The van der Waals surface area contributed by atoms with Crippen LogP contribution in [0.3, 0.4) is 0 Å². The summed E-state index contributed by atoms with van der Waals surface area (Å²) in [5.41, 5.74) is 1.99. The van der Waals surface area contributed by atoms with Gasteiger partial charge in [-0.05, 0) is 53.5 Å². The van der Waals surface area contributed by atoms with E-state index in [1.807, 2.05) is 38.7 Å². The molecular weight excluding hydrogens is 308 g/mol. The lowest BCUT2D eigenvalue weighted by Crippen LogP contribution is -2.44. The van der Waals surface area contributed by atoms with Crippen LogP contribution in [0.5, 0.6) is 0 Å². The first-order chi connectivity index (χ1) is 10.8. The van der Waals surface area contributed by atoms with Crippen LogP contribution >= 0.6 is 11.3 Å². The molecule has 0 spiro atoms. The highest BCUT2D eigenvalue weighted by Crippen LogP contribution is 2.38. The molecule has 2 aromatic heterocycles. The van der Waals surface area contributed by atoms with Crippen molar-refractivity contribution in [3.05, 3.63) is 38.9 Å². The summed E-state index contributed by atoms with van der Waals surface area (Å²) < 4.78 is 0. The standard InChI is InChI=1S/C17H22N4OS/c1-10-9-11(2)19-16(18-10)17(5)7-6-8-21(17)15(22)14-12(3)23-13(4)20-14/h9H,6-8H2,1-5H3. The van der Waals surface area contributed by atoms with Gasteiger partial charge in [-0.3, -0.25) is 4.79 Å². The zero-order valence-corrected chi connectivity index (χ0v) is 15.1. The maximum Gasteiger partial charge on any atom is 0.274 e. The number of aromatic nitrogens is 3. The van der Waals surface area contributed by atoms with E-state index < -0.39 is 5.54 Å². The first-order valence-corrected chi connectivity index (χ1v) is 8.71. The van der Waals surface area contributed by atoms with E-state index in [-0.39, 0.29) is 5.91 Å². The Balaban J connectivity index is 2.02. The molecule has 23 heavy (non-hydrogen) atoms. The fourth-order valence-corrected chi connectivity index (χ4v) is 4.15. The fourth-order valence-electron chi connectivity index (χ4n) is 3.34. The van der Waals surface area contributed by atoms with Gasteiger partial charge < -0.3 is 4.90 Å². The van der Waals surface area contributed by atoms with Crippen LogP contribution in [0.1, 0.15) is 57.4 Å². The molecule has 0 saturated carbocycles. The molecule has 1 atom stereocenters. The van der Waals surface area contributed by atoms with Crippen molar-refractivity contribution in [2.24, 2.45) is 0 Å². The number of hydrogen-bond acceptors (Lipinski definition) is 5. The van der Waals surface area contributed by atoms with Crippen LogP contribution in [-0.2, 0) is 5.54 Å². The normalized spacial score (nSPS) is 21.0. The molecule has 0 radical (unpaired) electrons.